The summed E-state index contributed by atoms with van der Waals surface area (Å²) in [6.07, 6.45) is 13.5. The topological polar surface area (TPSA) is 32.8 Å². The van der Waals surface area contributed by atoms with Gasteiger partial charge in [0, 0.05) is 18.0 Å². The van der Waals surface area contributed by atoms with Gasteiger partial charge in [-0.25, -0.2) is 9.80 Å². The van der Waals surface area contributed by atoms with Gasteiger partial charge in [-0.15, -0.1) is 11.3 Å². The molecule has 4 nitrogen and oxygen atoms in total. The molecule has 0 amide bonds. The fourth-order valence-corrected chi connectivity index (χ4v) is 4.54. The van der Waals surface area contributed by atoms with E-state index in [9.17, 15) is 4.79 Å². The van der Waals surface area contributed by atoms with Gasteiger partial charge < -0.3 is 4.74 Å². The predicted octanol–water partition coefficient (Wildman–Crippen LogP) is 6.15. The third kappa shape index (κ3) is 6.27. The van der Waals surface area contributed by atoms with Crippen LogP contribution in [0.3, 0.4) is 0 Å². The molecule has 0 aromatic carbocycles. The third-order valence-corrected chi connectivity index (χ3v) is 6.15. The molecule has 2 rings (SSSR count). The van der Waals surface area contributed by atoms with E-state index in [1.165, 1.54) is 64.2 Å². The van der Waals surface area contributed by atoms with E-state index >= 15 is 0 Å². The number of unbranched alkanes of at least 4 members (excludes halogenated alkanes) is 9. The Kier molecular flexibility index (Phi) is 9.48. The Morgan fingerprint density at radius 3 is 2.27 bits per heavy atom. The summed E-state index contributed by atoms with van der Waals surface area (Å²) in [4.78, 5) is 13.1. The normalized spacial score (nSPS) is 14.0. The van der Waals surface area contributed by atoms with Crippen molar-refractivity contribution in [2.75, 3.05) is 24.8 Å². The summed E-state index contributed by atoms with van der Waals surface area (Å²) in [5.41, 5.74) is 0.722. The molecule has 0 bridgehead atoms. The lowest BCUT2D eigenvalue weighted by Gasteiger charge is -2.37. The average Bonchev–Trinajstić information content (AvgIpc) is 3.03. The van der Waals surface area contributed by atoms with Crippen LogP contribution in [0.4, 0.5) is 5.00 Å². The molecule has 0 unspecified atom stereocenters. The van der Waals surface area contributed by atoms with E-state index in [0.29, 0.717) is 6.73 Å². The smallest absolute Gasteiger partial charge is 0.342 e. The first-order chi connectivity index (χ1) is 12.7. The summed E-state index contributed by atoms with van der Waals surface area (Å²) in [6, 6.07) is 1.95. The maximum Gasteiger partial charge on any atom is 0.342 e. The van der Waals surface area contributed by atoms with E-state index in [4.69, 9.17) is 4.74 Å². The quantitative estimate of drug-likeness (QED) is 0.303. The Bertz CT molecular complexity index is 544. The van der Waals surface area contributed by atoms with Crippen LogP contribution in [0.5, 0.6) is 0 Å². The minimum absolute atomic E-state index is 0.185. The monoisotopic (exact) mass is 380 g/mol. The molecule has 0 N–H and O–H groups in total. The molecular formula is C21H36N2O2S. The number of fused-ring (bicyclic) bond motifs is 1. The molecule has 0 saturated heterocycles. The first-order valence-electron chi connectivity index (χ1n) is 10.5. The summed E-state index contributed by atoms with van der Waals surface area (Å²) >= 11 is 1.69. The molecule has 1 aromatic heterocycles. The number of hydrogen-bond acceptors (Lipinski definition) is 5. The summed E-state index contributed by atoms with van der Waals surface area (Å²) in [5, 5.41) is 5.53. The lowest BCUT2D eigenvalue weighted by Crippen LogP contribution is -2.47. The van der Waals surface area contributed by atoms with Crippen molar-refractivity contribution in [1.82, 2.24) is 5.01 Å². The molecule has 26 heavy (non-hydrogen) atoms. The number of nitrogens with zero attached hydrogens (tertiary/aromatic N) is 2. The number of hydrogen-bond donors (Lipinski definition) is 0. The molecule has 0 radical (unpaired) electrons. The van der Waals surface area contributed by atoms with Gasteiger partial charge in [-0.05, 0) is 19.4 Å². The fraction of sp³-hybridized carbons (Fsp3) is 0.762. The number of carbonyl (C=O) groups excluding carboxylic acids is 1. The highest BCUT2D eigenvalue weighted by atomic mass is 32.1. The van der Waals surface area contributed by atoms with Gasteiger partial charge in [-0.1, -0.05) is 71.6 Å². The number of cyclic esters (lactones) is 1. The van der Waals surface area contributed by atoms with Crippen molar-refractivity contribution in [2.45, 2.75) is 85.0 Å². The van der Waals surface area contributed by atoms with Gasteiger partial charge in [0.25, 0.3) is 0 Å². The summed E-state index contributed by atoms with van der Waals surface area (Å²) < 4.78 is 5.36. The van der Waals surface area contributed by atoms with Crippen molar-refractivity contribution in [2.24, 2.45) is 0 Å². The maximum absolute atomic E-state index is 11.9. The molecule has 1 aliphatic heterocycles. The number of rotatable bonds is 13. The summed E-state index contributed by atoms with van der Waals surface area (Å²) in [6.45, 7) is 8.80. The van der Waals surface area contributed by atoms with Gasteiger partial charge in [-0.3, -0.25) is 5.01 Å². The Morgan fingerprint density at radius 1 is 1.04 bits per heavy atom. The molecule has 5 heteroatoms. The highest BCUT2D eigenvalue weighted by molar-refractivity contribution is 7.16. The van der Waals surface area contributed by atoms with Crippen molar-refractivity contribution in [3.8, 4) is 0 Å². The highest BCUT2D eigenvalue weighted by Crippen LogP contribution is 2.35. The molecule has 1 aliphatic rings. The van der Waals surface area contributed by atoms with E-state index in [2.05, 4.69) is 23.9 Å². The summed E-state index contributed by atoms with van der Waals surface area (Å²) in [7, 11) is 0. The van der Waals surface area contributed by atoms with Gasteiger partial charge in [0.2, 0.25) is 0 Å². The van der Waals surface area contributed by atoms with Crippen LogP contribution >= 0.6 is 11.3 Å². The van der Waals surface area contributed by atoms with Crippen molar-refractivity contribution in [3.05, 3.63) is 16.5 Å². The van der Waals surface area contributed by atoms with Crippen LogP contribution in [0.25, 0.3) is 0 Å². The lowest BCUT2D eigenvalue weighted by atomic mass is 10.1. The number of carbonyl (C=O) groups is 1. The minimum atomic E-state index is -0.185. The van der Waals surface area contributed by atoms with E-state index in [1.807, 2.05) is 13.0 Å². The molecular weight excluding hydrogens is 344 g/mol. The van der Waals surface area contributed by atoms with Gasteiger partial charge in [-0.2, -0.15) is 0 Å². The Balaban J connectivity index is 1.67. The van der Waals surface area contributed by atoms with Crippen LogP contribution in [0.1, 0.15) is 93.3 Å². The second-order valence-electron chi connectivity index (χ2n) is 7.26. The van der Waals surface area contributed by atoms with Crippen LogP contribution in [-0.4, -0.2) is 30.8 Å². The standard InChI is InChI=1S/C21H36N2O2S/c1-4-6-7-8-9-10-11-12-13-14-15-22(5-2)23-17-25-21(24)19-16-18(3)26-20(19)23/h16H,4-15,17H2,1-3H3. The minimum Gasteiger partial charge on any atom is -0.439 e. The SMILES string of the molecule is CCCCCCCCCCCCN(CC)N1COC(=O)c2cc(C)sc21. The van der Waals surface area contributed by atoms with Crippen LogP contribution in [0.2, 0.25) is 0 Å². The van der Waals surface area contributed by atoms with Crippen molar-refractivity contribution < 1.29 is 9.53 Å². The van der Waals surface area contributed by atoms with Gasteiger partial charge >= 0.3 is 5.97 Å². The molecule has 1 aromatic rings. The second-order valence-corrected chi connectivity index (χ2v) is 8.50. The van der Waals surface area contributed by atoms with Crippen molar-refractivity contribution in [3.63, 3.8) is 0 Å². The Hall–Kier alpha value is -1.07. The van der Waals surface area contributed by atoms with E-state index in [1.54, 1.807) is 11.3 Å². The molecule has 0 aliphatic carbocycles. The number of aryl methyl sites for hydroxylation is 1. The first-order valence-corrected chi connectivity index (χ1v) is 11.3. The predicted molar refractivity (Wildman–Crippen MR) is 111 cm³/mol. The number of ether oxygens (including phenoxy) is 1. The zero-order valence-corrected chi connectivity index (χ0v) is 17.7. The Morgan fingerprint density at radius 2 is 1.65 bits per heavy atom. The second kappa shape index (κ2) is 11.6. The zero-order valence-electron chi connectivity index (χ0n) is 16.9. The van der Waals surface area contributed by atoms with Crippen LogP contribution < -0.4 is 5.01 Å². The number of esters is 1. The fourth-order valence-electron chi connectivity index (χ4n) is 3.54. The molecule has 2 heterocycles. The number of anilines is 1. The van der Waals surface area contributed by atoms with E-state index in [0.717, 1.165) is 28.5 Å². The Labute approximate surface area is 163 Å². The van der Waals surface area contributed by atoms with Gasteiger partial charge in [0.1, 0.15) is 5.00 Å². The van der Waals surface area contributed by atoms with E-state index in [-0.39, 0.29) is 5.97 Å². The lowest BCUT2D eigenvalue weighted by molar-refractivity contribution is 0.0392. The molecule has 148 valence electrons. The zero-order chi connectivity index (χ0) is 18.8. The van der Waals surface area contributed by atoms with E-state index < -0.39 is 0 Å². The summed E-state index contributed by atoms with van der Waals surface area (Å²) in [5.74, 6) is -0.185. The van der Waals surface area contributed by atoms with Crippen LogP contribution in [0, 0.1) is 6.92 Å². The van der Waals surface area contributed by atoms with Crippen LogP contribution in [0.15, 0.2) is 6.07 Å². The molecule has 0 atom stereocenters. The largest absolute Gasteiger partial charge is 0.439 e. The average molecular weight is 381 g/mol. The molecule has 0 spiro atoms. The molecule has 0 saturated carbocycles. The maximum atomic E-state index is 11.9. The molecule has 0 fully saturated rings. The van der Waals surface area contributed by atoms with Gasteiger partial charge in [0.05, 0.1) is 5.56 Å². The van der Waals surface area contributed by atoms with Crippen molar-refractivity contribution >= 4 is 22.3 Å². The number of thiophene rings is 1. The van der Waals surface area contributed by atoms with Crippen LogP contribution in [-0.2, 0) is 4.74 Å². The number of hydrazine groups is 1. The van der Waals surface area contributed by atoms with Gasteiger partial charge in [0.15, 0.2) is 6.73 Å². The third-order valence-electron chi connectivity index (χ3n) is 5.08. The highest BCUT2D eigenvalue weighted by Gasteiger charge is 2.29. The van der Waals surface area contributed by atoms with Crippen molar-refractivity contribution in [1.29, 1.82) is 0 Å². The first kappa shape index (κ1) is 21.2.